The quantitative estimate of drug-likeness (QED) is 0.398. The Morgan fingerprint density at radius 2 is 1.79 bits per heavy atom. The summed E-state index contributed by atoms with van der Waals surface area (Å²) >= 11 is 0.413. The molecule has 1 heterocycles. The predicted octanol–water partition coefficient (Wildman–Crippen LogP) is 5.40. The molecule has 1 aliphatic heterocycles. The first-order chi connectivity index (χ1) is 11.5. The number of thioether (sulfide) groups is 1. The molecule has 2 aromatic rings. The normalized spacial score (nSPS) is 19.7. The van der Waals surface area contributed by atoms with E-state index < -0.39 is 16.8 Å². The van der Waals surface area contributed by atoms with E-state index in [4.69, 9.17) is 4.74 Å². The molecule has 0 spiro atoms. The zero-order valence-corrected chi connectivity index (χ0v) is 13.7. The lowest BCUT2D eigenvalue weighted by Gasteiger charge is -2.35. The summed E-state index contributed by atoms with van der Waals surface area (Å²) < 4.78 is 35.9. The first kappa shape index (κ1) is 16.7. The van der Waals surface area contributed by atoms with Crippen molar-refractivity contribution in [3.05, 3.63) is 78.4 Å². The van der Waals surface area contributed by atoms with Crippen LogP contribution in [0.3, 0.4) is 0 Å². The summed E-state index contributed by atoms with van der Waals surface area (Å²) in [6.07, 6.45) is 1.85. The van der Waals surface area contributed by atoms with Crippen molar-refractivity contribution in [3.63, 3.8) is 0 Å². The van der Waals surface area contributed by atoms with Crippen LogP contribution >= 0.6 is 11.8 Å². The number of halogens is 2. The van der Waals surface area contributed by atoms with Crippen LogP contribution in [0.15, 0.2) is 72.1 Å². The maximum absolute atomic E-state index is 15.3. The number of cyclic esters (lactones) is 1. The van der Waals surface area contributed by atoms with Crippen molar-refractivity contribution in [3.8, 4) is 0 Å². The summed E-state index contributed by atoms with van der Waals surface area (Å²) in [6, 6.07) is 14.7. The number of hydrogen-bond acceptors (Lipinski definition) is 3. The lowest BCUT2D eigenvalue weighted by molar-refractivity contribution is -0.129. The van der Waals surface area contributed by atoms with Gasteiger partial charge in [0.05, 0.1) is 5.56 Å². The minimum atomic E-state index is -3.32. The minimum absolute atomic E-state index is 0.0217. The number of benzene rings is 2. The Balaban J connectivity index is 2.07. The minimum Gasteiger partial charge on any atom is -0.443 e. The van der Waals surface area contributed by atoms with Gasteiger partial charge in [0.1, 0.15) is 0 Å². The van der Waals surface area contributed by atoms with E-state index in [0.29, 0.717) is 23.1 Å². The second kappa shape index (κ2) is 6.40. The molecule has 0 fully saturated rings. The third-order valence-electron chi connectivity index (χ3n) is 4.01. The summed E-state index contributed by atoms with van der Waals surface area (Å²) in [5.74, 6) is -0.706. The molecule has 3 rings (SSSR count). The second-order valence-electron chi connectivity index (χ2n) is 5.52. The number of ether oxygens (including phenoxy) is 1. The van der Waals surface area contributed by atoms with Crippen molar-refractivity contribution in [2.75, 3.05) is 0 Å². The maximum Gasteiger partial charge on any atom is 0.341 e. The molecule has 1 atom stereocenters. The summed E-state index contributed by atoms with van der Waals surface area (Å²) in [7, 11) is 0. The second-order valence-corrected chi connectivity index (χ2v) is 6.71. The number of carbonyl (C=O) groups is 1. The van der Waals surface area contributed by atoms with Gasteiger partial charge in [0.2, 0.25) is 5.60 Å². The fourth-order valence-corrected chi connectivity index (χ4v) is 3.86. The average molecular weight is 346 g/mol. The van der Waals surface area contributed by atoms with Crippen LogP contribution in [0.4, 0.5) is 8.78 Å². The van der Waals surface area contributed by atoms with Crippen LogP contribution in [-0.4, -0.2) is 11.2 Å². The van der Waals surface area contributed by atoms with Gasteiger partial charge in [-0.05, 0) is 36.4 Å². The molecular weight excluding hydrogens is 330 g/mol. The fourth-order valence-electron chi connectivity index (χ4n) is 2.85. The molecule has 124 valence electrons. The largest absolute Gasteiger partial charge is 0.443 e. The van der Waals surface area contributed by atoms with E-state index in [0.717, 1.165) is 0 Å². The summed E-state index contributed by atoms with van der Waals surface area (Å²) in [5.41, 5.74) is -1.55. The summed E-state index contributed by atoms with van der Waals surface area (Å²) in [6.45, 7) is 3.60. The molecule has 0 amide bonds. The number of esters is 1. The van der Waals surface area contributed by atoms with Crippen molar-refractivity contribution >= 4 is 17.7 Å². The van der Waals surface area contributed by atoms with Gasteiger partial charge in [-0.3, -0.25) is 0 Å². The lowest BCUT2D eigenvalue weighted by Crippen LogP contribution is -2.43. The molecule has 24 heavy (non-hydrogen) atoms. The van der Waals surface area contributed by atoms with E-state index in [1.165, 1.54) is 6.07 Å². The average Bonchev–Trinajstić information content (AvgIpc) is 2.88. The molecule has 0 saturated heterocycles. The van der Waals surface area contributed by atoms with Gasteiger partial charge in [-0.15, -0.1) is 6.58 Å². The molecule has 2 nitrogen and oxygen atoms in total. The van der Waals surface area contributed by atoms with Crippen molar-refractivity contribution in [1.82, 2.24) is 0 Å². The molecule has 0 radical (unpaired) electrons. The highest BCUT2D eigenvalue weighted by molar-refractivity contribution is 8.00. The Bertz CT molecular complexity index is 761. The molecule has 0 aliphatic carbocycles. The van der Waals surface area contributed by atoms with E-state index >= 15 is 8.78 Å². The van der Waals surface area contributed by atoms with Crippen LogP contribution in [0, 0.1) is 0 Å². The van der Waals surface area contributed by atoms with Crippen LogP contribution in [-0.2, 0) is 10.3 Å². The number of alkyl halides is 2. The van der Waals surface area contributed by atoms with E-state index in [-0.39, 0.29) is 17.5 Å². The van der Waals surface area contributed by atoms with Crippen molar-refractivity contribution < 1.29 is 18.3 Å². The van der Waals surface area contributed by atoms with E-state index in [1.54, 1.807) is 54.6 Å². The topological polar surface area (TPSA) is 26.3 Å². The van der Waals surface area contributed by atoms with E-state index in [9.17, 15) is 4.79 Å². The Morgan fingerprint density at radius 1 is 1.12 bits per heavy atom. The van der Waals surface area contributed by atoms with Gasteiger partial charge in [0.25, 0.3) is 0 Å². The van der Waals surface area contributed by atoms with Crippen molar-refractivity contribution in [1.29, 1.82) is 0 Å². The van der Waals surface area contributed by atoms with Crippen molar-refractivity contribution in [2.45, 2.75) is 28.6 Å². The third kappa shape index (κ3) is 2.73. The number of rotatable bonds is 6. The van der Waals surface area contributed by atoms with Gasteiger partial charge in [-0.1, -0.05) is 42.5 Å². The fraction of sp³-hybridized carbons (Fsp3) is 0.211. The highest BCUT2D eigenvalue weighted by Gasteiger charge is 2.62. The molecule has 0 saturated carbocycles. The van der Waals surface area contributed by atoms with Crippen molar-refractivity contribution in [2.24, 2.45) is 0 Å². The Kier molecular flexibility index (Phi) is 4.45. The molecule has 1 unspecified atom stereocenters. The number of fused-ring (bicyclic) bond motifs is 1. The van der Waals surface area contributed by atoms with Gasteiger partial charge >= 0.3 is 11.2 Å². The Morgan fingerprint density at radius 3 is 2.50 bits per heavy atom. The van der Waals surface area contributed by atoms with Crippen LogP contribution < -0.4 is 0 Å². The summed E-state index contributed by atoms with van der Waals surface area (Å²) in [4.78, 5) is 12.6. The summed E-state index contributed by atoms with van der Waals surface area (Å²) in [5, 5.41) is -3.32. The molecule has 1 aliphatic rings. The first-order valence-electron chi connectivity index (χ1n) is 7.56. The highest BCUT2D eigenvalue weighted by atomic mass is 32.2. The van der Waals surface area contributed by atoms with Crippen LogP contribution in [0.1, 0.15) is 28.8 Å². The van der Waals surface area contributed by atoms with Gasteiger partial charge in [-0.25, -0.2) is 4.79 Å². The van der Waals surface area contributed by atoms with Gasteiger partial charge < -0.3 is 4.74 Å². The van der Waals surface area contributed by atoms with E-state index in [1.807, 2.05) is 0 Å². The highest BCUT2D eigenvalue weighted by Crippen LogP contribution is 2.56. The number of hydrogen-bond donors (Lipinski definition) is 0. The smallest absolute Gasteiger partial charge is 0.341 e. The SMILES string of the molecule is C=CCCC1(C(F)(F)Sc2ccccc2)OC(=O)c2ccccc21. The molecule has 0 bridgehead atoms. The molecule has 0 aromatic heterocycles. The number of carbonyl (C=O) groups excluding carboxylic acids is 1. The zero-order chi connectivity index (χ0) is 17.2. The van der Waals surface area contributed by atoms with Gasteiger partial charge in [-0.2, -0.15) is 8.78 Å². The maximum atomic E-state index is 15.3. The van der Waals surface area contributed by atoms with Crippen LogP contribution in [0.25, 0.3) is 0 Å². The van der Waals surface area contributed by atoms with Gasteiger partial charge in [0.15, 0.2) is 0 Å². The third-order valence-corrected chi connectivity index (χ3v) is 5.10. The number of allylic oxidation sites excluding steroid dienone is 1. The van der Waals surface area contributed by atoms with Gasteiger partial charge in [0, 0.05) is 16.9 Å². The molecule has 0 N–H and O–H groups in total. The van der Waals surface area contributed by atoms with E-state index in [2.05, 4.69) is 6.58 Å². The predicted molar refractivity (Wildman–Crippen MR) is 90.2 cm³/mol. The van der Waals surface area contributed by atoms with Crippen LogP contribution in [0.5, 0.6) is 0 Å². The standard InChI is InChI=1S/C19H16F2O2S/c1-2-3-13-18(16-12-8-7-11-15(16)17(22)23-18)19(20,21)24-14-9-5-4-6-10-14/h2,4-12H,1,3,13H2. The Hall–Kier alpha value is -2.14. The molecule has 5 heteroatoms. The monoisotopic (exact) mass is 346 g/mol. The Labute approximate surface area is 143 Å². The first-order valence-corrected chi connectivity index (χ1v) is 8.37. The van der Waals surface area contributed by atoms with Crippen LogP contribution in [0.2, 0.25) is 0 Å². The molecule has 2 aromatic carbocycles. The molecular formula is C19H16F2O2S. The lowest BCUT2D eigenvalue weighted by atomic mass is 9.88. The zero-order valence-electron chi connectivity index (χ0n) is 12.9.